The number of thioether (sulfide) groups is 1. The van der Waals surface area contributed by atoms with Crippen molar-refractivity contribution in [2.45, 2.75) is 38.4 Å². The number of hydrogen-bond donors (Lipinski definition) is 1. The van der Waals surface area contributed by atoms with Crippen molar-refractivity contribution in [3.05, 3.63) is 11.1 Å². The Hall–Kier alpha value is -0.750. The second kappa shape index (κ2) is 7.14. The zero-order valence-electron chi connectivity index (χ0n) is 12.1. The Morgan fingerprint density at radius 2 is 2.32 bits per heavy atom. The molecule has 1 atom stereocenters. The van der Waals surface area contributed by atoms with Crippen LogP contribution in [0.25, 0.3) is 0 Å². The molecule has 0 aromatic carbocycles. The van der Waals surface area contributed by atoms with Crippen molar-refractivity contribution in [2.75, 3.05) is 24.7 Å². The number of rotatable bonds is 7. The van der Waals surface area contributed by atoms with Crippen LogP contribution in [0.4, 0.5) is 5.13 Å². The third-order valence-corrected chi connectivity index (χ3v) is 4.64. The van der Waals surface area contributed by atoms with Gasteiger partial charge in [-0.3, -0.25) is 4.79 Å². The molecule has 0 saturated carbocycles. The first-order valence-electron chi connectivity index (χ1n) is 6.31. The summed E-state index contributed by atoms with van der Waals surface area (Å²) in [4.78, 5) is 16.4. The molecule has 0 aliphatic carbocycles. The Balaban J connectivity index is 2.70. The average molecular weight is 302 g/mol. The van der Waals surface area contributed by atoms with Crippen molar-refractivity contribution in [3.8, 4) is 0 Å². The van der Waals surface area contributed by atoms with Gasteiger partial charge in [0.05, 0.1) is 12.3 Å². The third kappa shape index (κ3) is 4.38. The van der Waals surface area contributed by atoms with Crippen LogP contribution >= 0.6 is 23.1 Å². The molecule has 1 N–H and O–H groups in total. The second-order valence-corrected chi connectivity index (χ2v) is 6.94. The Morgan fingerprint density at radius 3 is 2.89 bits per heavy atom. The Kier molecular flexibility index (Phi) is 6.13. The normalized spacial score (nSPS) is 13.1. The number of nitrogens with zero attached hydrogens (tertiary/aromatic N) is 1. The van der Waals surface area contributed by atoms with Crippen molar-refractivity contribution in [2.24, 2.45) is 0 Å². The minimum atomic E-state index is -0.697. The highest BCUT2D eigenvalue weighted by atomic mass is 32.2. The SMILES string of the molecule is CCOC(=O)C(C)(C)c1csc(NCC(C)SC)n1. The molecule has 0 bridgehead atoms. The minimum Gasteiger partial charge on any atom is -0.465 e. The lowest BCUT2D eigenvalue weighted by Crippen LogP contribution is -2.31. The molecule has 0 amide bonds. The van der Waals surface area contributed by atoms with Crippen LogP contribution in [0.5, 0.6) is 0 Å². The van der Waals surface area contributed by atoms with E-state index in [-0.39, 0.29) is 5.97 Å². The number of carbonyl (C=O) groups is 1. The predicted molar refractivity (Wildman–Crippen MR) is 83.2 cm³/mol. The number of esters is 1. The van der Waals surface area contributed by atoms with Crippen molar-refractivity contribution in [1.29, 1.82) is 0 Å². The quantitative estimate of drug-likeness (QED) is 0.784. The molecule has 1 rings (SSSR count). The van der Waals surface area contributed by atoms with Crippen LogP contribution in [0.15, 0.2) is 5.38 Å². The highest BCUT2D eigenvalue weighted by molar-refractivity contribution is 7.99. The number of nitrogens with one attached hydrogen (secondary N) is 1. The molecule has 0 spiro atoms. The maximum Gasteiger partial charge on any atom is 0.317 e. The molecule has 1 aromatic rings. The first kappa shape index (κ1) is 16.3. The van der Waals surface area contributed by atoms with E-state index in [9.17, 15) is 4.79 Å². The van der Waals surface area contributed by atoms with E-state index in [1.165, 1.54) is 11.3 Å². The van der Waals surface area contributed by atoms with Gasteiger partial charge in [-0.1, -0.05) is 6.92 Å². The van der Waals surface area contributed by atoms with Gasteiger partial charge in [0.1, 0.15) is 5.41 Å². The number of anilines is 1. The van der Waals surface area contributed by atoms with E-state index in [0.29, 0.717) is 11.9 Å². The van der Waals surface area contributed by atoms with E-state index >= 15 is 0 Å². The zero-order valence-corrected chi connectivity index (χ0v) is 13.8. The summed E-state index contributed by atoms with van der Waals surface area (Å²) in [5, 5.41) is 6.60. The first-order valence-corrected chi connectivity index (χ1v) is 8.48. The summed E-state index contributed by atoms with van der Waals surface area (Å²) < 4.78 is 5.09. The van der Waals surface area contributed by atoms with E-state index in [2.05, 4.69) is 23.5 Å². The molecule has 0 saturated heterocycles. The van der Waals surface area contributed by atoms with Gasteiger partial charge in [0.2, 0.25) is 0 Å². The van der Waals surface area contributed by atoms with E-state index in [4.69, 9.17) is 4.74 Å². The standard InChI is InChI=1S/C13H22N2O2S2/c1-6-17-11(16)13(3,4)10-8-19-12(15-10)14-7-9(2)18-5/h8-9H,6-7H2,1-5H3,(H,14,15). The van der Waals surface area contributed by atoms with Crippen molar-refractivity contribution in [3.63, 3.8) is 0 Å². The van der Waals surface area contributed by atoms with Gasteiger partial charge in [-0.2, -0.15) is 11.8 Å². The Morgan fingerprint density at radius 1 is 1.63 bits per heavy atom. The van der Waals surface area contributed by atoms with Crippen molar-refractivity contribution in [1.82, 2.24) is 4.98 Å². The maximum atomic E-state index is 11.9. The fourth-order valence-electron chi connectivity index (χ4n) is 1.37. The van der Waals surface area contributed by atoms with Gasteiger partial charge in [-0.05, 0) is 27.0 Å². The van der Waals surface area contributed by atoms with Gasteiger partial charge >= 0.3 is 5.97 Å². The molecule has 0 aliphatic heterocycles. The van der Waals surface area contributed by atoms with Gasteiger partial charge in [0.25, 0.3) is 0 Å². The summed E-state index contributed by atoms with van der Waals surface area (Å²) >= 11 is 3.33. The van der Waals surface area contributed by atoms with Crippen LogP contribution in [0.1, 0.15) is 33.4 Å². The second-order valence-electron chi connectivity index (χ2n) is 4.81. The maximum absolute atomic E-state index is 11.9. The lowest BCUT2D eigenvalue weighted by atomic mass is 9.90. The van der Waals surface area contributed by atoms with Crippen molar-refractivity contribution < 1.29 is 9.53 Å². The van der Waals surface area contributed by atoms with Gasteiger partial charge in [0.15, 0.2) is 5.13 Å². The summed E-state index contributed by atoms with van der Waals surface area (Å²) in [7, 11) is 0. The molecule has 4 nitrogen and oxygen atoms in total. The minimum absolute atomic E-state index is 0.232. The van der Waals surface area contributed by atoms with Gasteiger partial charge in [-0.15, -0.1) is 11.3 Å². The topological polar surface area (TPSA) is 51.2 Å². The van der Waals surface area contributed by atoms with E-state index in [1.807, 2.05) is 37.9 Å². The van der Waals surface area contributed by atoms with Crippen LogP contribution in [-0.2, 0) is 14.9 Å². The molecule has 108 valence electrons. The fraction of sp³-hybridized carbons (Fsp3) is 0.692. The molecular weight excluding hydrogens is 280 g/mol. The summed E-state index contributed by atoms with van der Waals surface area (Å²) in [6, 6.07) is 0. The van der Waals surface area contributed by atoms with Gasteiger partial charge in [0, 0.05) is 17.2 Å². The third-order valence-electron chi connectivity index (χ3n) is 2.87. The molecule has 1 aromatic heterocycles. The van der Waals surface area contributed by atoms with Crippen LogP contribution in [0, 0.1) is 0 Å². The van der Waals surface area contributed by atoms with Crippen LogP contribution in [0.2, 0.25) is 0 Å². The van der Waals surface area contributed by atoms with Gasteiger partial charge < -0.3 is 10.1 Å². The Bertz CT molecular complexity index is 419. The smallest absolute Gasteiger partial charge is 0.317 e. The molecule has 19 heavy (non-hydrogen) atoms. The predicted octanol–water partition coefficient (Wildman–Crippen LogP) is 3.15. The summed E-state index contributed by atoms with van der Waals surface area (Å²) in [6.45, 7) is 8.92. The Labute approximate surface area is 123 Å². The molecule has 1 unspecified atom stereocenters. The monoisotopic (exact) mass is 302 g/mol. The van der Waals surface area contributed by atoms with Gasteiger partial charge in [-0.25, -0.2) is 4.98 Å². The van der Waals surface area contributed by atoms with Crippen LogP contribution in [0.3, 0.4) is 0 Å². The average Bonchev–Trinajstić information content (AvgIpc) is 2.85. The molecule has 1 heterocycles. The molecular formula is C13H22N2O2S2. The highest BCUT2D eigenvalue weighted by Crippen LogP contribution is 2.28. The van der Waals surface area contributed by atoms with Crippen LogP contribution < -0.4 is 5.32 Å². The molecule has 0 aliphatic rings. The van der Waals surface area contributed by atoms with Crippen LogP contribution in [-0.4, -0.2) is 35.6 Å². The number of ether oxygens (including phenoxy) is 1. The largest absolute Gasteiger partial charge is 0.465 e. The van der Waals surface area contributed by atoms with E-state index in [1.54, 1.807) is 0 Å². The number of carbonyl (C=O) groups excluding carboxylic acids is 1. The number of thiazole rings is 1. The highest BCUT2D eigenvalue weighted by Gasteiger charge is 2.33. The molecule has 6 heteroatoms. The summed E-state index contributed by atoms with van der Waals surface area (Å²) in [5.41, 5.74) is 0.0626. The lowest BCUT2D eigenvalue weighted by Gasteiger charge is -2.19. The summed E-state index contributed by atoms with van der Waals surface area (Å²) in [6.07, 6.45) is 2.09. The zero-order chi connectivity index (χ0) is 14.5. The van der Waals surface area contributed by atoms with Crippen molar-refractivity contribution >= 4 is 34.2 Å². The molecule has 0 radical (unpaired) electrons. The summed E-state index contributed by atoms with van der Waals surface area (Å²) in [5.74, 6) is -0.232. The molecule has 0 fully saturated rings. The number of hydrogen-bond acceptors (Lipinski definition) is 6. The van der Waals surface area contributed by atoms with E-state index in [0.717, 1.165) is 17.4 Å². The lowest BCUT2D eigenvalue weighted by molar-refractivity contribution is -0.148. The fourth-order valence-corrected chi connectivity index (χ4v) is 2.51. The van der Waals surface area contributed by atoms with E-state index < -0.39 is 5.41 Å². The first-order chi connectivity index (χ1) is 8.91. The number of aromatic nitrogens is 1.